The first-order valence-electron chi connectivity index (χ1n) is 2.81. The molecular weight excluding hydrogens is 186 g/mol. The molecule has 0 aliphatic rings. The second-order valence-electron chi connectivity index (χ2n) is 2.08. The molecule has 0 unspecified atom stereocenters. The van der Waals surface area contributed by atoms with E-state index >= 15 is 0 Å². The Labute approximate surface area is 69.9 Å². The molecule has 60 valence electrons. The van der Waals surface area contributed by atoms with Gasteiger partial charge in [-0.05, 0) is 6.07 Å². The van der Waals surface area contributed by atoms with Gasteiger partial charge >= 0.3 is 0 Å². The molecule has 1 heterocycles. The second kappa shape index (κ2) is 2.79. The summed E-state index contributed by atoms with van der Waals surface area (Å²) in [4.78, 5) is 3.78. The molecular formula is C6H6ClNO2S. The van der Waals surface area contributed by atoms with Gasteiger partial charge in [0.1, 0.15) is 0 Å². The molecule has 0 saturated heterocycles. The van der Waals surface area contributed by atoms with Crippen LogP contribution in [0.3, 0.4) is 0 Å². The Morgan fingerprint density at radius 3 is 2.55 bits per heavy atom. The van der Waals surface area contributed by atoms with Crippen molar-refractivity contribution in [3.8, 4) is 0 Å². The number of aromatic nitrogens is 1. The summed E-state index contributed by atoms with van der Waals surface area (Å²) < 4.78 is 21.9. The lowest BCUT2D eigenvalue weighted by atomic mass is 10.5. The molecule has 0 fully saturated rings. The van der Waals surface area contributed by atoms with Gasteiger partial charge in [0.05, 0.1) is 9.92 Å². The van der Waals surface area contributed by atoms with Crippen molar-refractivity contribution in [2.45, 2.75) is 4.90 Å². The average Bonchev–Trinajstić information content (AvgIpc) is 1.86. The van der Waals surface area contributed by atoms with Gasteiger partial charge in [0.15, 0.2) is 9.84 Å². The monoisotopic (exact) mass is 191 g/mol. The fraction of sp³-hybridized carbons (Fsp3) is 0.167. The van der Waals surface area contributed by atoms with Gasteiger partial charge in [0.25, 0.3) is 0 Å². The summed E-state index contributed by atoms with van der Waals surface area (Å²) in [6.45, 7) is 0. The van der Waals surface area contributed by atoms with Gasteiger partial charge in [-0.2, -0.15) is 0 Å². The smallest absolute Gasteiger partial charge is 0.177 e. The van der Waals surface area contributed by atoms with Crippen LogP contribution in [0, 0.1) is 0 Å². The normalized spacial score (nSPS) is 11.5. The maximum absolute atomic E-state index is 10.9. The molecule has 0 radical (unpaired) electrons. The zero-order chi connectivity index (χ0) is 8.48. The number of nitrogens with zero attached hydrogens (tertiary/aromatic N) is 1. The number of pyridine rings is 1. The van der Waals surface area contributed by atoms with Crippen LogP contribution in [0.15, 0.2) is 23.4 Å². The summed E-state index contributed by atoms with van der Waals surface area (Å²) in [7, 11) is -3.21. The zero-order valence-electron chi connectivity index (χ0n) is 5.78. The molecule has 0 aliphatic heterocycles. The van der Waals surface area contributed by atoms with Gasteiger partial charge in [-0.3, -0.25) is 4.98 Å². The molecule has 0 aliphatic carbocycles. The molecule has 1 aromatic heterocycles. The van der Waals surface area contributed by atoms with E-state index in [4.69, 9.17) is 11.6 Å². The van der Waals surface area contributed by atoms with Gasteiger partial charge < -0.3 is 0 Å². The highest BCUT2D eigenvalue weighted by Crippen LogP contribution is 2.18. The van der Waals surface area contributed by atoms with Gasteiger partial charge in [0.2, 0.25) is 0 Å². The molecule has 3 nitrogen and oxygen atoms in total. The topological polar surface area (TPSA) is 47.0 Å². The Morgan fingerprint density at radius 1 is 1.55 bits per heavy atom. The van der Waals surface area contributed by atoms with E-state index in [1.807, 2.05) is 0 Å². The number of hydrogen-bond donors (Lipinski definition) is 0. The molecule has 0 aromatic carbocycles. The standard InChI is InChI=1S/C6H6ClNO2S/c1-11(9,10)6-2-3-8-4-5(6)7/h2-4H,1H3. The van der Waals surface area contributed by atoms with E-state index in [0.717, 1.165) is 6.26 Å². The van der Waals surface area contributed by atoms with Crippen molar-refractivity contribution in [3.63, 3.8) is 0 Å². The Hall–Kier alpha value is -0.610. The summed E-state index contributed by atoms with van der Waals surface area (Å²) in [6, 6.07) is 1.37. The predicted octanol–water partition coefficient (Wildman–Crippen LogP) is 1.14. The van der Waals surface area contributed by atoms with E-state index in [9.17, 15) is 8.42 Å². The Morgan fingerprint density at radius 2 is 2.18 bits per heavy atom. The van der Waals surface area contributed by atoms with Crippen molar-refractivity contribution in [2.75, 3.05) is 6.26 Å². The maximum atomic E-state index is 10.9. The molecule has 5 heteroatoms. The van der Waals surface area contributed by atoms with Crippen LogP contribution in [0.1, 0.15) is 0 Å². The Bertz CT molecular complexity index is 361. The van der Waals surface area contributed by atoms with Crippen molar-refractivity contribution < 1.29 is 8.42 Å². The van der Waals surface area contributed by atoms with Crippen molar-refractivity contribution in [1.82, 2.24) is 4.98 Å². The highest BCUT2D eigenvalue weighted by Gasteiger charge is 2.10. The summed E-state index contributed by atoms with van der Waals surface area (Å²) in [5.74, 6) is 0. The third-order valence-corrected chi connectivity index (χ3v) is 2.70. The fourth-order valence-electron chi connectivity index (χ4n) is 0.663. The molecule has 0 bridgehead atoms. The Balaban J connectivity index is 3.37. The molecule has 11 heavy (non-hydrogen) atoms. The lowest BCUT2D eigenvalue weighted by molar-refractivity contribution is 0.602. The van der Waals surface area contributed by atoms with E-state index in [1.165, 1.54) is 18.5 Å². The highest BCUT2D eigenvalue weighted by atomic mass is 35.5. The zero-order valence-corrected chi connectivity index (χ0v) is 7.35. The van der Waals surface area contributed by atoms with E-state index < -0.39 is 9.84 Å². The minimum Gasteiger partial charge on any atom is -0.263 e. The minimum atomic E-state index is -3.21. The van der Waals surface area contributed by atoms with Crippen LogP contribution in [0.5, 0.6) is 0 Å². The summed E-state index contributed by atoms with van der Waals surface area (Å²) >= 11 is 5.57. The van der Waals surface area contributed by atoms with E-state index in [0.29, 0.717) is 0 Å². The van der Waals surface area contributed by atoms with Gasteiger partial charge in [0, 0.05) is 18.6 Å². The fourth-order valence-corrected chi connectivity index (χ4v) is 1.92. The lowest BCUT2D eigenvalue weighted by Crippen LogP contribution is -1.97. The summed E-state index contributed by atoms with van der Waals surface area (Å²) in [5, 5.41) is 0.162. The van der Waals surface area contributed by atoms with Crippen LogP contribution >= 0.6 is 11.6 Å². The van der Waals surface area contributed by atoms with Crippen LogP contribution in [0.4, 0.5) is 0 Å². The third kappa shape index (κ3) is 1.91. The molecule has 0 saturated carbocycles. The number of halogens is 1. The highest BCUT2D eigenvalue weighted by molar-refractivity contribution is 7.90. The minimum absolute atomic E-state index is 0.120. The number of hydrogen-bond acceptors (Lipinski definition) is 3. The molecule has 0 amide bonds. The number of rotatable bonds is 1. The SMILES string of the molecule is CS(=O)(=O)c1ccncc1Cl. The van der Waals surface area contributed by atoms with Crippen LogP contribution in [0.2, 0.25) is 5.02 Å². The van der Waals surface area contributed by atoms with Gasteiger partial charge in [-0.15, -0.1) is 0 Å². The van der Waals surface area contributed by atoms with Crippen molar-refractivity contribution in [3.05, 3.63) is 23.5 Å². The van der Waals surface area contributed by atoms with Gasteiger partial charge in [-0.1, -0.05) is 11.6 Å². The van der Waals surface area contributed by atoms with Crippen LogP contribution in [-0.2, 0) is 9.84 Å². The molecule has 1 rings (SSSR count). The quantitative estimate of drug-likeness (QED) is 0.669. The summed E-state index contributed by atoms with van der Waals surface area (Å²) in [5.41, 5.74) is 0. The first-order chi connectivity index (χ1) is 5.02. The van der Waals surface area contributed by atoms with Crippen molar-refractivity contribution >= 4 is 21.4 Å². The largest absolute Gasteiger partial charge is 0.263 e. The van der Waals surface area contributed by atoms with Crippen LogP contribution in [0.25, 0.3) is 0 Å². The molecule has 0 spiro atoms. The van der Waals surface area contributed by atoms with Gasteiger partial charge in [-0.25, -0.2) is 8.42 Å². The molecule has 0 atom stereocenters. The van der Waals surface area contributed by atoms with E-state index in [-0.39, 0.29) is 9.92 Å². The average molecular weight is 192 g/mol. The first-order valence-corrected chi connectivity index (χ1v) is 5.08. The maximum Gasteiger partial charge on any atom is 0.177 e. The van der Waals surface area contributed by atoms with Crippen molar-refractivity contribution in [2.24, 2.45) is 0 Å². The molecule has 1 aromatic rings. The lowest BCUT2D eigenvalue weighted by Gasteiger charge is -1.97. The van der Waals surface area contributed by atoms with E-state index in [1.54, 1.807) is 0 Å². The van der Waals surface area contributed by atoms with Crippen LogP contribution < -0.4 is 0 Å². The third-order valence-electron chi connectivity index (χ3n) is 1.13. The predicted molar refractivity (Wildman–Crippen MR) is 42.4 cm³/mol. The first kappa shape index (κ1) is 8.49. The number of sulfone groups is 1. The van der Waals surface area contributed by atoms with E-state index in [2.05, 4.69) is 4.98 Å². The Kier molecular flexibility index (Phi) is 2.15. The molecule has 0 N–H and O–H groups in total. The van der Waals surface area contributed by atoms with Crippen molar-refractivity contribution in [1.29, 1.82) is 0 Å². The van der Waals surface area contributed by atoms with Crippen LogP contribution in [-0.4, -0.2) is 19.7 Å². The summed E-state index contributed by atoms with van der Waals surface area (Å²) in [6.07, 6.45) is 3.80. The second-order valence-corrected chi connectivity index (χ2v) is 4.47.